The van der Waals surface area contributed by atoms with Gasteiger partial charge in [0, 0.05) is 45.1 Å². The molecule has 7 aromatic rings. The first-order valence-electron chi connectivity index (χ1n) is 18.2. The number of aromatic nitrogens is 3. The summed E-state index contributed by atoms with van der Waals surface area (Å²) >= 11 is 0. The summed E-state index contributed by atoms with van der Waals surface area (Å²) in [5.74, 6) is 0.906. The first-order chi connectivity index (χ1) is 23.9. The molecule has 0 aliphatic heterocycles. The van der Waals surface area contributed by atoms with Crippen LogP contribution in [0.3, 0.4) is 0 Å². The van der Waals surface area contributed by atoms with E-state index in [0.717, 1.165) is 56.1 Å². The third-order valence-corrected chi connectivity index (χ3v) is 9.86. The van der Waals surface area contributed by atoms with E-state index in [9.17, 15) is 0 Å². The third kappa shape index (κ3) is 7.36. The van der Waals surface area contributed by atoms with E-state index in [-0.39, 0.29) is 25.7 Å². The molecule has 0 amide bonds. The second-order valence-corrected chi connectivity index (χ2v) is 18.6. The predicted molar refractivity (Wildman–Crippen MR) is 196 cm³/mol. The van der Waals surface area contributed by atoms with Crippen molar-refractivity contribution < 1.29 is 31.4 Å². The van der Waals surface area contributed by atoms with Gasteiger partial charge in [0.05, 0.1) is 30.5 Å². The minimum Gasteiger partial charge on any atom is -0.501 e. The van der Waals surface area contributed by atoms with Crippen LogP contribution in [0.1, 0.15) is 45.7 Å². The predicted octanol–water partition coefficient (Wildman–Crippen LogP) is 10.4. The summed E-state index contributed by atoms with van der Waals surface area (Å²) in [5, 5.41) is 3.24. The largest absolute Gasteiger partial charge is 0.501 e. The number of furan rings is 1. The Labute approximate surface area is 300 Å². The van der Waals surface area contributed by atoms with Gasteiger partial charge in [-0.15, -0.1) is 53.6 Å². The minimum absolute atomic E-state index is 0. The van der Waals surface area contributed by atoms with Gasteiger partial charge in [-0.05, 0) is 47.8 Å². The fourth-order valence-corrected chi connectivity index (χ4v) is 7.13. The Morgan fingerprint density at radius 3 is 2.43 bits per heavy atom. The van der Waals surface area contributed by atoms with Crippen LogP contribution in [-0.4, -0.2) is 22.6 Å². The summed E-state index contributed by atoms with van der Waals surface area (Å²) < 4.78 is 48.4. The number of pyridine rings is 1. The molecule has 0 N–H and O–H groups in total. The summed E-state index contributed by atoms with van der Waals surface area (Å²) in [4.78, 5) is 9.41. The monoisotopic (exact) mass is 819 g/mol. The van der Waals surface area contributed by atoms with E-state index in [1.54, 1.807) is 18.3 Å². The Balaban J connectivity index is 0.000000198. The van der Waals surface area contributed by atoms with Crippen LogP contribution in [-0.2, 0) is 33.0 Å². The molecule has 0 fully saturated rings. The number of benzene rings is 4. The van der Waals surface area contributed by atoms with Gasteiger partial charge in [-0.2, -0.15) is 0 Å². The van der Waals surface area contributed by atoms with Gasteiger partial charge in [0.1, 0.15) is 5.58 Å². The van der Waals surface area contributed by atoms with Gasteiger partial charge in [-0.25, -0.2) is 0 Å². The second-order valence-electron chi connectivity index (χ2n) is 13.6. The van der Waals surface area contributed by atoms with E-state index >= 15 is 0 Å². The number of aryl methyl sites for hydroxylation is 2. The van der Waals surface area contributed by atoms with E-state index in [2.05, 4.69) is 66.4 Å². The molecule has 0 aliphatic rings. The van der Waals surface area contributed by atoms with E-state index in [0.29, 0.717) is 16.8 Å². The molecule has 243 valence electrons. The van der Waals surface area contributed by atoms with Crippen molar-refractivity contribution in [2.45, 2.75) is 67.1 Å². The Kier molecular flexibility index (Phi) is 8.23. The number of para-hydroxylation sites is 3. The standard InChI is InChI=1S/C21H15N2O.C20H28NSi.Ir/c1-2-23-18-12-5-4-11-17(18)22-21(23)16-10-7-9-15-14-8-3-6-13-19(14)24-20(15)16;1-15-8-10-16(11-9-15)18-12-17(13-20(2,3)4)19(14-21-18)22(5,6)7;/h3-9,11-13H,2H2,1H3;8-10,12,14H,13H2,1-7H3;/q2*-1;/i;1D3,13D2;. The maximum absolute atomic E-state index is 8.79. The zero-order chi connectivity index (χ0) is 36.9. The fourth-order valence-electron chi connectivity index (χ4n) is 5.73. The third-order valence-electron chi connectivity index (χ3n) is 7.84. The number of hydrogen-bond acceptors (Lipinski definition) is 3. The Hall–Kier alpha value is -3.83. The van der Waals surface area contributed by atoms with Gasteiger partial charge in [0.2, 0.25) is 0 Å². The van der Waals surface area contributed by atoms with Crippen molar-refractivity contribution in [2.24, 2.45) is 5.41 Å². The molecule has 3 aromatic heterocycles. The second kappa shape index (κ2) is 13.7. The van der Waals surface area contributed by atoms with Gasteiger partial charge < -0.3 is 14.0 Å². The van der Waals surface area contributed by atoms with Crippen LogP contribution in [0.25, 0.3) is 55.6 Å². The van der Waals surface area contributed by atoms with E-state index in [1.807, 2.05) is 69.3 Å². The molecule has 0 bridgehead atoms. The van der Waals surface area contributed by atoms with Gasteiger partial charge in [-0.1, -0.05) is 100 Å². The van der Waals surface area contributed by atoms with Crippen LogP contribution in [0.2, 0.25) is 19.6 Å². The summed E-state index contributed by atoms with van der Waals surface area (Å²) in [6.45, 7) is 13.1. The molecule has 4 nitrogen and oxygen atoms in total. The average Bonchev–Trinajstić information content (AvgIpc) is 3.65. The van der Waals surface area contributed by atoms with Gasteiger partial charge in [0.25, 0.3) is 0 Å². The fraction of sp³-hybridized carbons (Fsp3) is 0.268. The smallest absolute Gasteiger partial charge is 0.120 e. The van der Waals surface area contributed by atoms with Gasteiger partial charge >= 0.3 is 0 Å². The van der Waals surface area contributed by atoms with Crippen molar-refractivity contribution in [3.63, 3.8) is 0 Å². The van der Waals surface area contributed by atoms with Crippen molar-refractivity contribution >= 4 is 46.2 Å². The summed E-state index contributed by atoms with van der Waals surface area (Å²) in [6, 6.07) is 33.2. The molecule has 3 heterocycles. The molecule has 6 heteroatoms. The molecule has 0 saturated carbocycles. The quantitative estimate of drug-likeness (QED) is 0.128. The van der Waals surface area contributed by atoms with Crippen molar-refractivity contribution in [1.29, 1.82) is 0 Å². The first-order valence-corrected chi connectivity index (χ1v) is 19.2. The molecule has 4 aromatic carbocycles. The number of imidazole rings is 1. The van der Waals surface area contributed by atoms with Crippen LogP contribution >= 0.6 is 0 Å². The topological polar surface area (TPSA) is 43.9 Å². The van der Waals surface area contributed by atoms with Gasteiger partial charge in [-0.3, -0.25) is 4.98 Å². The molecule has 0 unspecified atom stereocenters. The van der Waals surface area contributed by atoms with E-state index < -0.39 is 26.7 Å². The maximum atomic E-state index is 8.79. The molecule has 7 rings (SSSR count). The minimum atomic E-state index is -2.17. The normalized spacial score (nSPS) is 14.0. The van der Waals surface area contributed by atoms with Crippen molar-refractivity contribution in [1.82, 2.24) is 14.5 Å². The number of hydrogen-bond donors (Lipinski definition) is 0. The molecule has 47 heavy (non-hydrogen) atoms. The molecular weight excluding hydrogens is 771 g/mol. The zero-order valence-electron chi connectivity index (χ0n) is 33.0. The Bertz CT molecular complexity index is 2350. The van der Waals surface area contributed by atoms with E-state index in [1.165, 1.54) is 6.07 Å². The SMILES string of the molecule is CCn1c(-c2[c-]ccc3c2oc2ccccc23)nc2ccccc21.[2H]C([2H])([2H])c1c[c-]c(-c2cc(C([2H])([2H])C(C)(C)C)c([Si](C)(C)C)cn2)cc1.[Ir]. The number of fused-ring (bicyclic) bond motifs is 4. The van der Waals surface area contributed by atoms with Crippen LogP contribution in [0.15, 0.2) is 95.5 Å². The summed E-state index contributed by atoms with van der Waals surface area (Å²) in [5.41, 5.74) is 6.40. The van der Waals surface area contributed by atoms with Crippen molar-refractivity contribution in [3.05, 3.63) is 114 Å². The summed E-state index contributed by atoms with van der Waals surface area (Å²) in [7, 11) is -1.81. The molecule has 0 aliphatic carbocycles. The van der Waals surface area contributed by atoms with Crippen LogP contribution in [0.4, 0.5) is 0 Å². The maximum Gasteiger partial charge on any atom is 0.120 e. The average molecular weight is 819 g/mol. The Morgan fingerprint density at radius 1 is 0.957 bits per heavy atom. The molecule has 0 atom stereocenters. The summed E-state index contributed by atoms with van der Waals surface area (Å²) in [6.07, 6.45) is 0.269. The zero-order valence-corrected chi connectivity index (χ0v) is 31.3. The molecular formula is C41H43IrN3OSi-2. The number of nitrogens with zero attached hydrogens (tertiary/aromatic N) is 3. The molecule has 0 spiro atoms. The van der Waals surface area contributed by atoms with Crippen LogP contribution < -0.4 is 5.19 Å². The number of rotatable bonds is 5. The first kappa shape index (κ1) is 28.2. The van der Waals surface area contributed by atoms with E-state index in [4.69, 9.17) is 16.3 Å². The van der Waals surface area contributed by atoms with Crippen LogP contribution in [0.5, 0.6) is 0 Å². The van der Waals surface area contributed by atoms with Crippen molar-refractivity contribution in [3.8, 4) is 22.6 Å². The Morgan fingerprint density at radius 2 is 1.72 bits per heavy atom. The van der Waals surface area contributed by atoms with Crippen LogP contribution in [0, 0.1) is 24.4 Å². The van der Waals surface area contributed by atoms with Gasteiger partial charge in [0.15, 0.2) is 0 Å². The molecule has 0 saturated heterocycles. The van der Waals surface area contributed by atoms with Crippen molar-refractivity contribution in [2.75, 3.05) is 0 Å². The molecule has 1 radical (unpaired) electrons.